The zero-order valence-corrected chi connectivity index (χ0v) is 14.5. The minimum Gasteiger partial charge on any atom is -0.484 e. The van der Waals surface area contributed by atoms with Gasteiger partial charge in [0.2, 0.25) is 0 Å². The molecular weight excluding hydrogens is 363 g/mol. The summed E-state index contributed by atoms with van der Waals surface area (Å²) >= 11 is 11.8. The first kappa shape index (κ1) is 17.3. The maximum Gasteiger partial charge on any atom is 0.258 e. The number of nitrogens with one attached hydrogen (secondary N) is 1. The number of aromatic nitrogens is 3. The molecule has 1 amide bonds. The van der Waals surface area contributed by atoms with Gasteiger partial charge < -0.3 is 10.1 Å². The summed E-state index contributed by atoms with van der Waals surface area (Å²) in [5.41, 5.74) is 0.918. The van der Waals surface area contributed by atoms with E-state index in [4.69, 9.17) is 27.9 Å². The molecule has 3 rings (SSSR count). The summed E-state index contributed by atoms with van der Waals surface area (Å²) in [5.74, 6) is 0.754. The van der Waals surface area contributed by atoms with E-state index in [2.05, 4.69) is 15.5 Å². The van der Waals surface area contributed by atoms with Crippen LogP contribution in [0.3, 0.4) is 0 Å². The van der Waals surface area contributed by atoms with Crippen molar-refractivity contribution in [2.75, 3.05) is 6.61 Å². The number of halogens is 2. The third kappa shape index (κ3) is 4.71. The minimum atomic E-state index is -0.293. The van der Waals surface area contributed by atoms with Crippen LogP contribution in [0.15, 0.2) is 54.9 Å². The molecule has 0 radical (unpaired) electrons. The molecule has 8 heteroatoms. The molecule has 0 aliphatic rings. The van der Waals surface area contributed by atoms with E-state index in [1.54, 1.807) is 29.1 Å². The maximum atomic E-state index is 12.0. The van der Waals surface area contributed by atoms with Crippen LogP contribution in [0.25, 0.3) is 5.69 Å². The van der Waals surface area contributed by atoms with Gasteiger partial charge in [-0.3, -0.25) is 9.36 Å². The summed E-state index contributed by atoms with van der Waals surface area (Å²) in [6.45, 7) is 0.0730. The topological polar surface area (TPSA) is 69.0 Å². The van der Waals surface area contributed by atoms with E-state index in [0.29, 0.717) is 21.6 Å². The van der Waals surface area contributed by atoms with Crippen molar-refractivity contribution in [1.82, 2.24) is 20.1 Å². The summed E-state index contributed by atoms with van der Waals surface area (Å²) < 4.78 is 7.19. The standard InChI is InChI=1S/C17H14Cl2N4O2/c18-12-6-13(19)8-15(7-12)25-10-17(24)20-9-16-22-21-11-23(16)14-4-2-1-3-5-14/h1-8,11H,9-10H2,(H,20,24). The number of hydrogen-bond donors (Lipinski definition) is 1. The van der Waals surface area contributed by atoms with Crippen LogP contribution < -0.4 is 10.1 Å². The van der Waals surface area contributed by atoms with Gasteiger partial charge in [-0.15, -0.1) is 10.2 Å². The largest absolute Gasteiger partial charge is 0.484 e. The van der Waals surface area contributed by atoms with Crippen LogP contribution in [-0.4, -0.2) is 27.3 Å². The highest BCUT2D eigenvalue weighted by Gasteiger charge is 2.09. The minimum absolute atomic E-state index is 0.157. The lowest BCUT2D eigenvalue weighted by Gasteiger charge is -2.09. The second kappa shape index (κ2) is 8.00. The predicted molar refractivity (Wildman–Crippen MR) is 95.2 cm³/mol. The molecule has 1 N–H and O–H groups in total. The summed E-state index contributed by atoms with van der Waals surface area (Å²) in [7, 11) is 0. The van der Waals surface area contributed by atoms with Crippen molar-refractivity contribution in [3.8, 4) is 11.4 Å². The molecular formula is C17H14Cl2N4O2. The van der Waals surface area contributed by atoms with Gasteiger partial charge in [-0.1, -0.05) is 41.4 Å². The first-order valence-electron chi connectivity index (χ1n) is 7.42. The molecule has 0 spiro atoms. The molecule has 0 aliphatic carbocycles. The van der Waals surface area contributed by atoms with Gasteiger partial charge in [-0.2, -0.15) is 0 Å². The van der Waals surface area contributed by atoms with E-state index in [1.807, 2.05) is 30.3 Å². The third-order valence-electron chi connectivity index (χ3n) is 3.30. The van der Waals surface area contributed by atoms with Crippen molar-refractivity contribution in [2.45, 2.75) is 6.54 Å². The SMILES string of the molecule is O=C(COc1cc(Cl)cc(Cl)c1)NCc1nncn1-c1ccccc1. The molecule has 0 bridgehead atoms. The zero-order valence-electron chi connectivity index (χ0n) is 13.0. The molecule has 1 aromatic heterocycles. The number of rotatable bonds is 6. The van der Waals surface area contributed by atoms with Crippen LogP contribution in [0.2, 0.25) is 10.0 Å². The Morgan fingerprint density at radius 1 is 1.12 bits per heavy atom. The molecule has 0 saturated heterocycles. The van der Waals surface area contributed by atoms with E-state index >= 15 is 0 Å². The number of hydrogen-bond acceptors (Lipinski definition) is 4. The summed E-state index contributed by atoms with van der Waals surface area (Å²) in [6, 6.07) is 14.4. The number of carbonyl (C=O) groups is 1. The fourth-order valence-corrected chi connectivity index (χ4v) is 2.68. The molecule has 25 heavy (non-hydrogen) atoms. The fourth-order valence-electron chi connectivity index (χ4n) is 2.17. The molecule has 0 saturated carbocycles. The van der Waals surface area contributed by atoms with Crippen molar-refractivity contribution < 1.29 is 9.53 Å². The van der Waals surface area contributed by atoms with Gasteiger partial charge >= 0.3 is 0 Å². The van der Waals surface area contributed by atoms with Gasteiger partial charge in [0.25, 0.3) is 5.91 Å². The lowest BCUT2D eigenvalue weighted by molar-refractivity contribution is -0.123. The van der Waals surface area contributed by atoms with Crippen molar-refractivity contribution in [3.63, 3.8) is 0 Å². The van der Waals surface area contributed by atoms with Crippen LogP contribution in [0.1, 0.15) is 5.82 Å². The number of para-hydroxylation sites is 1. The number of ether oxygens (including phenoxy) is 1. The Bertz CT molecular complexity index is 848. The van der Waals surface area contributed by atoms with E-state index in [9.17, 15) is 4.79 Å². The molecule has 2 aromatic carbocycles. The molecule has 128 valence electrons. The molecule has 0 fully saturated rings. The van der Waals surface area contributed by atoms with Gasteiger partial charge in [-0.05, 0) is 30.3 Å². The monoisotopic (exact) mass is 376 g/mol. The van der Waals surface area contributed by atoms with Gasteiger partial charge in [0, 0.05) is 15.7 Å². The van der Waals surface area contributed by atoms with Crippen LogP contribution >= 0.6 is 23.2 Å². The lowest BCUT2D eigenvalue weighted by atomic mass is 10.3. The third-order valence-corrected chi connectivity index (χ3v) is 3.74. The second-order valence-corrected chi connectivity index (χ2v) is 6.00. The van der Waals surface area contributed by atoms with Gasteiger partial charge in [0.15, 0.2) is 12.4 Å². The van der Waals surface area contributed by atoms with Crippen molar-refractivity contribution >= 4 is 29.1 Å². The average Bonchev–Trinajstić information content (AvgIpc) is 3.07. The molecule has 3 aromatic rings. The molecule has 1 heterocycles. The smallest absolute Gasteiger partial charge is 0.258 e. The quantitative estimate of drug-likeness (QED) is 0.716. The Morgan fingerprint density at radius 3 is 2.56 bits per heavy atom. The highest BCUT2D eigenvalue weighted by molar-refractivity contribution is 6.34. The Hall–Kier alpha value is -2.57. The lowest BCUT2D eigenvalue weighted by Crippen LogP contribution is -2.29. The Labute approximate surface area is 154 Å². The van der Waals surface area contributed by atoms with E-state index in [1.165, 1.54) is 0 Å². The first-order valence-corrected chi connectivity index (χ1v) is 8.17. The van der Waals surface area contributed by atoms with Gasteiger partial charge in [0.05, 0.1) is 6.54 Å². The van der Waals surface area contributed by atoms with Crippen LogP contribution in [-0.2, 0) is 11.3 Å². The fraction of sp³-hybridized carbons (Fsp3) is 0.118. The van der Waals surface area contributed by atoms with Crippen LogP contribution in [0.4, 0.5) is 0 Å². The van der Waals surface area contributed by atoms with Crippen LogP contribution in [0.5, 0.6) is 5.75 Å². The highest BCUT2D eigenvalue weighted by atomic mass is 35.5. The molecule has 0 atom stereocenters. The van der Waals surface area contributed by atoms with Gasteiger partial charge in [-0.25, -0.2) is 0 Å². The normalized spacial score (nSPS) is 10.5. The van der Waals surface area contributed by atoms with Crippen LogP contribution in [0, 0.1) is 0 Å². The Balaban J connectivity index is 1.56. The zero-order chi connectivity index (χ0) is 17.6. The molecule has 0 unspecified atom stereocenters. The van der Waals surface area contributed by atoms with Gasteiger partial charge in [0.1, 0.15) is 12.1 Å². The maximum absolute atomic E-state index is 12.0. The number of amides is 1. The Morgan fingerprint density at radius 2 is 1.84 bits per heavy atom. The Kier molecular flexibility index (Phi) is 5.53. The van der Waals surface area contributed by atoms with Crippen molar-refractivity contribution in [1.29, 1.82) is 0 Å². The van der Waals surface area contributed by atoms with E-state index in [-0.39, 0.29) is 19.1 Å². The summed E-state index contributed by atoms with van der Waals surface area (Å²) in [4.78, 5) is 12.0. The molecule has 6 nitrogen and oxygen atoms in total. The first-order chi connectivity index (χ1) is 12.1. The average molecular weight is 377 g/mol. The van der Waals surface area contributed by atoms with Crippen molar-refractivity contribution in [2.24, 2.45) is 0 Å². The second-order valence-electron chi connectivity index (χ2n) is 5.12. The number of nitrogens with zero attached hydrogens (tertiary/aromatic N) is 3. The number of benzene rings is 2. The number of carbonyl (C=O) groups excluding carboxylic acids is 1. The van der Waals surface area contributed by atoms with E-state index in [0.717, 1.165) is 5.69 Å². The van der Waals surface area contributed by atoms with Crippen molar-refractivity contribution in [3.05, 3.63) is 70.7 Å². The summed E-state index contributed by atoms with van der Waals surface area (Å²) in [6.07, 6.45) is 1.60. The molecule has 0 aliphatic heterocycles. The summed E-state index contributed by atoms with van der Waals surface area (Å²) in [5, 5.41) is 11.5. The van der Waals surface area contributed by atoms with E-state index < -0.39 is 0 Å². The predicted octanol–water partition coefficient (Wildman–Crippen LogP) is 3.27. The highest BCUT2D eigenvalue weighted by Crippen LogP contribution is 2.24.